The summed E-state index contributed by atoms with van der Waals surface area (Å²) in [6, 6.07) is 9.35. The fourth-order valence-electron chi connectivity index (χ4n) is 3.81. The molecule has 0 aliphatic carbocycles. The SMILES string of the molecule is COC(=O)C1=c2s/c(=C\c3ccc(Cl)cc3Cl)c(=O)n2C(N)=C(C(N)=O)C1c1ccc(Cl)cc1Cl. The summed E-state index contributed by atoms with van der Waals surface area (Å²) in [7, 11) is 1.18. The first-order valence-electron chi connectivity index (χ1n) is 9.81. The Morgan fingerprint density at radius 2 is 1.66 bits per heavy atom. The molecule has 180 valence electrons. The molecule has 3 aromatic rings. The summed E-state index contributed by atoms with van der Waals surface area (Å²) in [4.78, 5) is 39.0. The second-order valence-electron chi connectivity index (χ2n) is 7.39. The molecule has 4 N–H and O–H groups in total. The lowest BCUT2D eigenvalue weighted by Gasteiger charge is -2.27. The number of hydrogen-bond donors (Lipinski definition) is 2. The van der Waals surface area contributed by atoms with Crippen LogP contribution >= 0.6 is 57.7 Å². The van der Waals surface area contributed by atoms with Gasteiger partial charge in [0.1, 0.15) is 10.5 Å². The molecular formula is C23H15Cl4N3O4S. The zero-order valence-electron chi connectivity index (χ0n) is 17.8. The van der Waals surface area contributed by atoms with Crippen LogP contribution in [0.25, 0.3) is 17.5 Å². The number of ether oxygens (including phenoxy) is 1. The van der Waals surface area contributed by atoms with Crippen LogP contribution in [0.2, 0.25) is 20.1 Å². The van der Waals surface area contributed by atoms with Crippen LogP contribution in [0.1, 0.15) is 17.0 Å². The van der Waals surface area contributed by atoms with Gasteiger partial charge in [0, 0.05) is 20.1 Å². The van der Waals surface area contributed by atoms with E-state index >= 15 is 0 Å². The molecule has 0 fully saturated rings. The van der Waals surface area contributed by atoms with Gasteiger partial charge in [-0.1, -0.05) is 58.5 Å². The predicted molar refractivity (Wildman–Crippen MR) is 139 cm³/mol. The van der Waals surface area contributed by atoms with Crippen LogP contribution in [0, 0.1) is 0 Å². The van der Waals surface area contributed by atoms with Crippen LogP contribution in [-0.2, 0) is 14.3 Å². The highest BCUT2D eigenvalue weighted by Gasteiger charge is 2.39. The maximum Gasteiger partial charge on any atom is 0.337 e. The third-order valence-corrected chi connectivity index (χ3v) is 7.57. The maximum atomic E-state index is 13.4. The van der Waals surface area contributed by atoms with Crippen molar-refractivity contribution >= 4 is 87.1 Å². The Kier molecular flexibility index (Phi) is 7.04. The third-order valence-electron chi connectivity index (χ3n) is 5.34. The topological polar surface area (TPSA) is 117 Å². The second kappa shape index (κ2) is 9.72. The van der Waals surface area contributed by atoms with Crippen LogP contribution < -0.4 is 26.2 Å². The number of nitrogens with two attached hydrogens (primary N) is 2. The number of fused-ring (bicyclic) bond motifs is 1. The van der Waals surface area contributed by atoms with Gasteiger partial charge in [-0.2, -0.15) is 0 Å². The van der Waals surface area contributed by atoms with Gasteiger partial charge in [0.15, 0.2) is 0 Å². The van der Waals surface area contributed by atoms with Gasteiger partial charge in [-0.25, -0.2) is 4.79 Å². The van der Waals surface area contributed by atoms with E-state index in [9.17, 15) is 14.4 Å². The Balaban J connectivity index is 2.15. The summed E-state index contributed by atoms with van der Waals surface area (Å²) in [6.45, 7) is 0. The molecule has 2 aromatic carbocycles. The Morgan fingerprint density at radius 3 is 2.23 bits per heavy atom. The quantitative estimate of drug-likeness (QED) is 0.467. The van der Waals surface area contributed by atoms with E-state index in [0.29, 0.717) is 26.2 Å². The molecule has 1 aliphatic rings. The van der Waals surface area contributed by atoms with E-state index in [0.717, 1.165) is 15.9 Å². The molecule has 0 spiro atoms. The van der Waals surface area contributed by atoms with Crippen LogP contribution in [0.3, 0.4) is 0 Å². The minimum Gasteiger partial charge on any atom is -0.466 e. The summed E-state index contributed by atoms with van der Waals surface area (Å²) >= 11 is 25.7. The number of methoxy groups -OCH3 is 1. The number of thiazole rings is 1. The molecule has 4 rings (SSSR count). The molecule has 1 unspecified atom stereocenters. The largest absolute Gasteiger partial charge is 0.466 e. The van der Waals surface area contributed by atoms with E-state index in [1.165, 1.54) is 25.3 Å². The van der Waals surface area contributed by atoms with Crippen LogP contribution in [0.5, 0.6) is 0 Å². The molecule has 35 heavy (non-hydrogen) atoms. The number of aromatic nitrogens is 1. The number of esters is 1. The molecule has 1 amide bonds. The van der Waals surface area contributed by atoms with E-state index in [2.05, 4.69) is 0 Å². The number of primary amides is 1. The number of benzene rings is 2. The number of nitrogens with zero attached hydrogens (tertiary/aromatic N) is 1. The second-order valence-corrected chi connectivity index (χ2v) is 10.1. The van der Waals surface area contributed by atoms with Crippen LogP contribution in [0.4, 0.5) is 0 Å². The smallest absolute Gasteiger partial charge is 0.337 e. The van der Waals surface area contributed by atoms with Crippen molar-refractivity contribution in [3.8, 4) is 0 Å². The third kappa shape index (κ3) is 4.48. The minimum absolute atomic E-state index is 0.0244. The molecule has 1 aliphatic heterocycles. The van der Waals surface area contributed by atoms with E-state index < -0.39 is 23.4 Å². The van der Waals surface area contributed by atoms with Gasteiger partial charge >= 0.3 is 5.97 Å². The van der Waals surface area contributed by atoms with Crippen molar-refractivity contribution in [3.63, 3.8) is 0 Å². The summed E-state index contributed by atoms with van der Waals surface area (Å²) in [6.07, 6.45) is 1.54. The minimum atomic E-state index is -1.10. The van der Waals surface area contributed by atoms with E-state index in [1.54, 1.807) is 24.3 Å². The monoisotopic (exact) mass is 569 g/mol. The Hall–Kier alpha value is -2.75. The fraction of sp³-hybridized carbons (Fsp3) is 0.0870. The van der Waals surface area contributed by atoms with Crippen molar-refractivity contribution in [2.75, 3.05) is 7.11 Å². The number of rotatable bonds is 4. The van der Waals surface area contributed by atoms with Gasteiger partial charge in [-0.3, -0.25) is 14.2 Å². The van der Waals surface area contributed by atoms with Crippen molar-refractivity contribution in [2.45, 2.75) is 5.92 Å². The van der Waals surface area contributed by atoms with Gasteiger partial charge < -0.3 is 16.2 Å². The van der Waals surface area contributed by atoms with Crippen molar-refractivity contribution in [3.05, 3.63) is 92.7 Å². The van der Waals surface area contributed by atoms with Gasteiger partial charge in [-0.05, 0) is 41.5 Å². The highest BCUT2D eigenvalue weighted by atomic mass is 35.5. The molecule has 0 saturated carbocycles. The molecule has 12 heteroatoms. The predicted octanol–water partition coefficient (Wildman–Crippen LogP) is 3.09. The van der Waals surface area contributed by atoms with Gasteiger partial charge in [-0.15, -0.1) is 11.3 Å². The van der Waals surface area contributed by atoms with Gasteiger partial charge in [0.2, 0.25) is 5.91 Å². The first-order chi connectivity index (χ1) is 16.5. The average Bonchev–Trinajstić information content (AvgIpc) is 3.11. The number of amides is 1. The lowest BCUT2D eigenvalue weighted by atomic mass is 9.83. The normalized spacial score (nSPS) is 15.9. The molecule has 0 bridgehead atoms. The molecule has 0 saturated heterocycles. The van der Waals surface area contributed by atoms with Gasteiger partial charge in [0.25, 0.3) is 5.56 Å². The first-order valence-corrected chi connectivity index (χ1v) is 12.1. The molecule has 0 radical (unpaired) electrons. The molecule has 2 heterocycles. The summed E-state index contributed by atoms with van der Waals surface area (Å²) < 4.78 is 6.43. The van der Waals surface area contributed by atoms with E-state index in [1.807, 2.05) is 0 Å². The van der Waals surface area contributed by atoms with Gasteiger partial charge in [0.05, 0.1) is 28.7 Å². The Morgan fingerprint density at radius 1 is 1.03 bits per heavy atom. The lowest BCUT2D eigenvalue weighted by Crippen LogP contribution is -2.42. The molecule has 1 atom stereocenters. The number of halogens is 4. The lowest BCUT2D eigenvalue weighted by molar-refractivity contribution is -0.134. The number of carbonyl (C=O) groups is 2. The fourth-order valence-corrected chi connectivity index (χ4v) is 5.94. The molecular weight excluding hydrogens is 556 g/mol. The summed E-state index contributed by atoms with van der Waals surface area (Å²) in [5.41, 5.74) is 12.1. The van der Waals surface area contributed by atoms with Crippen LogP contribution in [0.15, 0.2) is 46.8 Å². The van der Waals surface area contributed by atoms with E-state index in [-0.39, 0.29) is 31.2 Å². The number of hydrogen-bond acceptors (Lipinski definition) is 6. The molecule has 7 nitrogen and oxygen atoms in total. The Bertz CT molecular complexity index is 1620. The zero-order chi connectivity index (χ0) is 25.6. The molecule has 1 aromatic heterocycles. The average molecular weight is 571 g/mol. The van der Waals surface area contributed by atoms with E-state index in [4.69, 9.17) is 62.6 Å². The van der Waals surface area contributed by atoms with Crippen LogP contribution in [-0.4, -0.2) is 23.6 Å². The standard InChI is InChI=1S/C23H15Cl4N3O4S/c1-34-23(33)18-16(12-5-4-11(25)8-14(12)27)17(20(29)31)19(28)30-21(32)15(35-22(18)30)6-9-2-3-10(24)7-13(9)26/h2-8,16H,28H2,1H3,(H2,29,31)/b15-6-. The Labute approximate surface area is 222 Å². The van der Waals surface area contributed by atoms with Crippen molar-refractivity contribution in [2.24, 2.45) is 11.5 Å². The zero-order valence-corrected chi connectivity index (χ0v) is 21.6. The highest BCUT2D eigenvalue weighted by molar-refractivity contribution is 7.07. The number of carbonyl (C=O) groups excluding carboxylic acids is 2. The highest BCUT2D eigenvalue weighted by Crippen LogP contribution is 2.40. The summed E-state index contributed by atoms with van der Waals surface area (Å²) in [5.74, 6) is -3.05. The van der Waals surface area contributed by atoms with Crippen molar-refractivity contribution < 1.29 is 14.3 Å². The maximum absolute atomic E-state index is 13.4. The summed E-state index contributed by atoms with van der Waals surface area (Å²) in [5, 5.41) is 1.26. The first kappa shape index (κ1) is 25.3. The van der Waals surface area contributed by atoms with Crippen molar-refractivity contribution in [1.82, 2.24) is 4.57 Å². The van der Waals surface area contributed by atoms with Crippen molar-refractivity contribution in [1.29, 1.82) is 0 Å².